The Morgan fingerprint density at radius 1 is 1.17 bits per heavy atom. The summed E-state index contributed by atoms with van der Waals surface area (Å²) in [6.45, 7) is 0.798. The second-order valence-corrected chi connectivity index (χ2v) is 6.22. The number of fused-ring (bicyclic) bond motifs is 2. The molecule has 2 fully saturated rings. The van der Waals surface area contributed by atoms with Gasteiger partial charge in [0.15, 0.2) is 0 Å². The summed E-state index contributed by atoms with van der Waals surface area (Å²) in [5.74, 6) is 3.29. The number of hydrogen-bond donors (Lipinski definition) is 1. The highest BCUT2D eigenvalue weighted by molar-refractivity contribution is 5.44. The van der Waals surface area contributed by atoms with Crippen molar-refractivity contribution >= 4 is 0 Å². The van der Waals surface area contributed by atoms with Crippen LogP contribution in [-0.2, 0) is 6.42 Å². The van der Waals surface area contributed by atoms with Crippen molar-refractivity contribution < 1.29 is 9.84 Å². The molecule has 1 heterocycles. The third kappa shape index (κ3) is 1.66. The Labute approximate surface area is 108 Å². The first kappa shape index (κ1) is 10.9. The fourth-order valence-corrected chi connectivity index (χ4v) is 3.92. The molecule has 1 aromatic rings. The average molecular weight is 244 g/mol. The summed E-state index contributed by atoms with van der Waals surface area (Å²) in [7, 11) is 0. The van der Waals surface area contributed by atoms with Crippen LogP contribution in [0.4, 0.5) is 0 Å². The Morgan fingerprint density at radius 2 is 2.00 bits per heavy atom. The van der Waals surface area contributed by atoms with E-state index in [-0.39, 0.29) is 6.10 Å². The van der Waals surface area contributed by atoms with E-state index in [1.807, 2.05) is 0 Å². The van der Waals surface area contributed by atoms with E-state index in [1.165, 1.54) is 24.8 Å². The van der Waals surface area contributed by atoms with Gasteiger partial charge in [0.25, 0.3) is 0 Å². The molecule has 2 nitrogen and oxygen atoms in total. The molecule has 3 unspecified atom stereocenters. The number of aryl methyl sites for hydroxylation is 1. The standard InChI is InChI=1S/C16H20O2/c17-15(13-8-11-7-12(11)9-13)14-5-1-3-10-4-2-6-18-16(10)14/h1,3,5,11-13,15,17H,2,4,6-9H2. The van der Waals surface area contributed by atoms with Crippen molar-refractivity contribution in [1.29, 1.82) is 0 Å². The van der Waals surface area contributed by atoms with Crippen molar-refractivity contribution in [3.8, 4) is 5.75 Å². The number of ether oxygens (including phenoxy) is 1. The van der Waals surface area contributed by atoms with Crippen LogP contribution in [0.1, 0.15) is 42.9 Å². The van der Waals surface area contributed by atoms with Gasteiger partial charge in [-0.1, -0.05) is 18.2 Å². The van der Waals surface area contributed by atoms with E-state index < -0.39 is 0 Å². The first-order valence-corrected chi connectivity index (χ1v) is 7.25. The minimum absolute atomic E-state index is 0.314. The van der Waals surface area contributed by atoms with Crippen LogP contribution < -0.4 is 4.74 Å². The van der Waals surface area contributed by atoms with Gasteiger partial charge in [0.1, 0.15) is 5.75 Å². The first-order valence-electron chi connectivity index (χ1n) is 7.25. The fraction of sp³-hybridized carbons (Fsp3) is 0.625. The number of aliphatic hydroxyl groups is 1. The summed E-state index contributed by atoms with van der Waals surface area (Å²) in [6.07, 6.45) is 5.72. The Hall–Kier alpha value is -1.02. The zero-order valence-electron chi connectivity index (χ0n) is 10.6. The average Bonchev–Trinajstić information content (AvgIpc) is 3.04. The highest BCUT2D eigenvalue weighted by Crippen LogP contribution is 2.57. The van der Waals surface area contributed by atoms with Crippen molar-refractivity contribution in [3.63, 3.8) is 0 Å². The zero-order chi connectivity index (χ0) is 12.1. The van der Waals surface area contributed by atoms with E-state index in [4.69, 9.17) is 4.74 Å². The van der Waals surface area contributed by atoms with Crippen LogP contribution in [-0.4, -0.2) is 11.7 Å². The minimum atomic E-state index is -0.314. The lowest BCUT2D eigenvalue weighted by atomic mass is 9.89. The summed E-state index contributed by atoms with van der Waals surface area (Å²) in [4.78, 5) is 0. The molecule has 1 N–H and O–H groups in total. The van der Waals surface area contributed by atoms with E-state index in [2.05, 4.69) is 18.2 Å². The Kier molecular flexibility index (Phi) is 2.41. The molecule has 4 rings (SSSR count). The lowest BCUT2D eigenvalue weighted by Gasteiger charge is -2.26. The lowest BCUT2D eigenvalue weighted by molar-refractivity contribution is 0.0996. The van der Waals surface area contributed by atoms with Crippen molar-refractivity contribution in [2.24, 2.45) is 17.8 Å². The molecule has 1 aliphatic heterocycles. The normalized spacial score (nSPS) is 34.4. The Bertz CT molecular complexity index is 458. The summed E-state index contributed by atoms with van der Waals surface area (Å²) in [6, 6.07) is 6.26. The van der Waals surface area contributed by atoms with E-state index in [9.17, 15) is 5.11 Å². The number of benzene rings is 1. The predicted octanol–water partition coefficient (Wildman–Crippen LogP) is 3.09. The van der Waals surface area contributed by atoms with Gasteiger partial charge < -0.3 is 9.84 Å². The summed E-state index contributed by atoms with van der Waals surface area (Å²) in [5, 5.41) is 10.6. The molecule has 96 valence electrons. The second-order valence-electron chi connectivity index (χ2n) is 6.22. The van der Waals surface area contributed by atoms with Gasteiger partial charge in [0.2, 0.25) is 0 Å². The molecule has 18 heavy (non-hydrogen) atoms. The summed E-state index contributed by atoms with van der Waals surface area (Å²) < 4.78 is 5.81. The van der Waals surface area contributed by atoms with Crippen molar-refractivity contribution in [2.45, 2.75) is 38.2 Å². The summed E-state index contributed by atoms with van der Waals surface area (Å²) in [5.41, 5.74) is 2.32. The fourth-order valence-electron chi connectivity index (χ4n) is 3.92. The van der Waals surface area contributed by atoms with Gasteiger partial charge >= 0.3 is 0 Å². The third-order valence-corrected chi connectivity index (χ3v) is 5.01. The third-order valence-electron chi connectivity index (χ3n) is 5.01. The number of aliphatic hydroxyl groups excluding tert-OH is 1. The van der Waals surface area contributed by atoms with E-state index >= 15 is 0 Å². The zero-order valence-corrected chi connectivity index (χ0v) is 10.6. The SMILES string of the molecule is OC(c1cccc2c1OCCC2)C1CC2CC2C1. The second kappa shape index (κ2) is 3.99. The molecule has 3 aliphatic rings. The van der Waals surface area contributed by atoms with Crippen molar-refractivity contribution in [2.75, 3.05) is 6.61 Å². The van der Waals surface area contributed by atoms with Gasteiger partial charge in [-0.3, -0.25) is 0 Å². The van der Waals surface area contributed by atoms with Crippen LogP contribution >= 0.6 is 0 Å². The van der Waals surface area contributed by atoms with Gasteiger partial charge in [-0.2, -0.15) is 0 Å². The number of para-hydroxylation sites is 1. The monoisotopic (exact) mass is 244 g/mol. The molecular formula is C16H20O2. The van der Waals surface area contributed by atoms with Crippen LogP contribution in [0.2, 0.25) is 0 Å². The maximum absolute atomic E-state index is 10.6. The maximum Gasteiger partial charge on any atom is 0.128 e. The highest BCUT2D eigenvalue weighted by Gasteiger charge is 2.48. The number of rotatable bonds is 2. The quantitative estimate of drug-likeness (QED) is 0.866. The summed E-state index contributed by atoms with van der Waals surface area (Å²) >= 11 is 0. The largest absolute Gasteiger partial charge is 0.493 e. The number of hydrogen-bond acceptors (Lipinski definition) is 2. The van der Waals surface area contributed by atoms with Crippen molar-refractivity contribution in [1.82, 2.24) is 0 Å². The van der Waals surface area contributed by atoms with Crippen LogP contribution in [0.25, 0.3) is 0 Å². The first-order chi connectivity index (χ1) is 8.83. The molecule has 2 saturated carbocycles. The Balaban J connectivity index is 1.63. The van der Waals surface area contributed by atoms with Gasteiger partial charge in [-0.25, -0.2) is 0 Å². The minimum Gasteiger partial charge on any atom is -0.493 e. The molecule has 0 amide bonds. The lowest BCUT2D eigenvalue weighted by Crippen LogP contribution is -2.16. The topological polar surface area (TPSA) is 29.5 Å². The predicted molar refractivity (Wildman–Crippen MR) is 69.5 cm³/mol. The van der Waals surface area contributed by atoms with Crippen LogP contribution in [0.15, 0.2) is 18.2 Å². The molecule has 0 aromatic heterocycles. The van der Waals surface area contributed by atoms with Crippen LogP contribution in [0.3, 0.4) is 0 Å². The van der Waals surface area contributed by atoms with E-state index in [1.54, 1.807) is 0 Å². The van der Waals surface area contributed by atoms with Crippen LogP contribution in [0.5, 0.6) is 5.75 Å². The molecule has 0 spiro atoms. The molecule has 2 aliphatic carbocycles. The molecular weight excluding hydrogens is 224 g/mol. The molecule has 0 bridgehead atoms. The smallest absolute Gasteiger partial charge is 0.128 e. The molecule has 2 heteroatoms. The van der Waals surface area contributed by atoms with Gasteiger partial charge in [0, 0.05) is 5.56 Å². The van der Waals surface area contributed by atoms with Gasteiger partial charge in [-0.05, 0) is 55.4 Å². The Morgan fingerprint density at radius 3 is 2.83 bits per heavy atom. The van der Waals surface area contributed by atoms with Gasteiger partial charge in [0.05, 0.1) is 12.7 Å². The molecule has 1 aromatic carbocycles. The van der Waals surface area contributed by atoms with Gasteiger partial charge in [-0.15, -0.1) is 0 Å². The van der Waals surface area contributed by atoms with E-state index in [0.29, 0.717) is 5.92 Å². The molecule has 0 saturated heterocycles. The maximum atomic E-state index is 10.6. The van der Waals surface area contributed by atoms with Crippen LogP contribution in [0, 0.1) is 17.8 Å². The van der Waals surface area contributed by atoms with E-state index in [0.717, 1.165) is 42.6 Å². The van der Waals surface area contributed by atoms with Crippen molar-refractivity contribution in [3.05, 3.63) is 29.3 Å². The highest BCUT2D eigenvalue weighted by atomic mass is 16.5. The molecule has 0 radical (unpaired) electrons. The molecule has 3 atom stereocenters.